The second-order valence-corrected chi connectivity index (χ2v) is 5.25. The molecule has 1 N–H and O–H groups in total. The maximum absolute atomic E-state index is 12.8. The van der Waals surface area contributed by atoms with Crippen molar-refractivity contribution in [2.75, 3.05) is 32.2 Å². The number of hydrogen-bond acceptors (Lipinski definition) is 3. The lowest BCUT2D eigenvalue weighted by molar-refractivity contribution is -0.117. The normalized spacial score (nSPS) is 19.1. The van der Waals surface area contributed by atoms with Gasteiger partial charge in [-0.25, -0.2) is 4.39 Å². The van der Waals surface area contributed by atoms with Gasteiger partial charge >= 0.3 is 0 Å². The van der Waals surface area contributed by atoms with Crippen molar-refractivity contribution in [3.63, 3.8) is 0 Å². The summed E-state index contributed by atoms with van der Waals surface area (Å²) in [5.74, 6) is 0.358. The van der Waals surface area contributed by atoms with E-state index in [1.807, 2.05) is 4.90 Å². The standard InChI is InChI=1S/C14H18ClFN2O2/c1-20-13-5-4-10(15)7-12(13)17-14(19)9-18-6-2-3-11(18)8-16/h4-5,7,11H,2-3,6,8-9H2,1H3,(H,17,19). The topological polar surface area (TPSA) is 41.6 Å². The Labute approximate surface area is 122 Å². The molecule has 1 heterocycles. The van der Waals surface area contributed by atoms with Crippen LogP contribution in [0.1, 0.15) is 12.8 Å². The molecule has 1 amide bonds. The van der Waals surface area contributed by atoms with Gasteiger partial charge in [-0.15, -0.1) is 0 Å². The Hall–Kier alpha value is -1.33. The van der Waals surface area contributed by atoms with Crippen molar-refractivity contribution in [1.29, 1.82) is 0 Å². The smallest absolute Gasteiger partial charge is 0.238 e. The number of likely N-dealkylation sites (tertiary alicyclic amines) is 1. The van der Waals surface area contributed by atoms with Gasteiger partial charge in [-0.3, -0.25) is 9.69 Å². The molecule has 1 aromatic carbocycles. The number of halogens is 2. The summed E-state index contributed by atoms with van der Waals surface area (Å²) in [5, 5.41) is 3.28. The molecule has 0 bridgehead atoms. The summed E-state index contributed by atoms with van der Waals surface area (Å²) < 4.78 is 18.0. The highest BCUT2D eigenvalue weighted by Crippen LogP contribution is 2.27. The highest BCUT2D eigenvalue weighted by atomic mass is 35.5. The SMILES string of the molecule is COc1ccc(Cl)cc1NC(=O)CN1CCCC1CF. The van der Waals surface area contributed by atoms with Crippen LogP contribution in [0.5, 0.6) is 5.75 Å². The van der Waals surface area contributed by atoms with Gasteiger partial charge in [-0.1, -0.05) is 11.6 Å². The predicted molar refractivity (Wildman–Crippen MR) is 77.2 cm³/mol. The number of amides is 1. The molecule has 1 unspecified atom stereocenters. The molecule has 2 rings (SSSR count). The van der Waals surface area contributed by atoms with Crippen LogP contribution in [-0.4, -0.2) is 43.7 Å². The summed E-state index contributed by atoms with van der Waals surface area (Å²) in [5.41, 5.74) is 0.529. The molecule has 1 saturated heterocycles. The van der Waals surface area contributed by atoms with E-state index in [2.05, 4.69) is 5.32 Å². The number of hydrogen-bond donors (Lipinski definition) is 1. The number of alkyl halides is 1. The van der Waals surface area contributed by atoms with Crippen molar-refractivity contribution in [2.24, 2.45) is 0 Å². The third-order valence-electron chi connectivity index (χ3n) is 3.46. The summed E-state index contributed by atoms with van der Waals surface area (Å²) in [7, 11) is 1.53. The van der Waals surface area contributed by atoms with Crippen LogP contribution in [-0.2, 0) is 4.79 Å². The number of rotatable bonds is 5. The molecule has 110 valence electrons. The lowest BCUT2D eigenvalue weighted by atomic mass is 10.2. The average Bonchev–Trinajstić information content (AvgIpc) is 2.86. The van der Waals surface area contributed by atoms with Crippen molar-refractivity contribution >= 4 is 23.2 Å². The van der Waals surface area contributed by atoms with Crippen LogP contribution < -0.4 is 10.1 Å². The van der Waals surface area contributed by atoms with E-state index < -0.39 is 6.67 Å². The molecule has 20 heavy (non-hydrogen) atoms. The molecule has 0 spiro atoms. The number of nitrogens with one attached hydrogen (secondary N) is 1. The van der Waals surface area contributed by atoms with Crippen LogP contribution in [0.15, 0.2) is 18.2 Å². The van der Waals surface area contributed by atoms with Crippen molar-refractivity contribution in [2.45, 2.75) is 18.9 Å². The van der Waals surface area contributed by atoms with Crippen LogP contribution in [0, 0.1) is 0 Å². The lowest BCUT2D eigenvalue weighted by Crippen LogP contribution is -2.37. The van der Waals surface area contributed by atoms with Crippen molar-refractivity contribution < 1.29 is 13.9 Å². The number of methoxy groups -OCH3 is 1. The summed E-state index contributed by atoms with van der Waals surface area (Å²) in [6.45, 7) is 0.534. The molecule has 4 nitrogen and oxygen atoms in total. The summed E-state index contributed by atoms with van der Waals surface area (Å²) in [6, 6.07) is 4.88. The molecule has 6 heteroatoms. The van der Waals surface area contributed by atoms with E-state index in [1.165, 1.54) is 7.11 Å². The Bertz CT molecular complexity index is 484. The van der Waals surface area contributed by atoms with E-state index >= 15 is 0 Å². The van der Waals surface area contributed by atoms with Gasteiger partial charge in [0, 0.05) is 11.1 Å². The van der Waals surface area contributed by atoms with Crippen molar-refractivity contribution in [3.05, 3.63) is 23.2 Å². The number of anilines is 1. The van der Waals surface area contributed by atoms with E-state index in [0.29, 0.717) is 16.5 Å². The minimum atomic E-state index is -0.409. The molecule has 1 aliphatic heterocycles. The first kappa shape index (κ1) is 15.1. The summed E-state index contributed by atoms with van der Waals surface area (Å²) in [4.78, 5) is 13.9. The molecule has 1 aromatic rings. The number of benzene rings is 1. The zero-order valence-corrected chi connectivity index (χ0v) is 12.1. The number of carbonyl (C=O) groups is 1. The van der Waals surface area contributed by atoms with Gasteiger partial charge < -0.3 is 10.1 Å². The Morgan fingerprint density at radius 2 is 2.40 bits per heavy atom. The van der Waals surface area contributed by atoms with Crippen LogP contribution >= 0.6 is 11.6 Å². The monoisotopic (exact) mass is 300 g/mol. The van der Waals surface area contributed by atoms with E-state index in [0.717, 1.165) is 19.4 Å². The number of ether oxygens (including phenoxy) is 1. The molecular weight excluding hydrogens is 283 g/mol. The van der Waals surface area contributed by atoms with Gasteiger partial charge in [0.1, 0.15) is 12.4 Å². The van der Waals surface area contributed by atoms with Crippen LogP contribution in [0.2, 0.25) is 5.02 Å². The third-order valence-corrected chi connectivity index (χ3v) is 3.69. The van der Waals surface area contributed by atoms with Gasteiger partial charge in [0.25, 0.3) is 0 Å². The second kappa shape index (κ2) is 6.90. The number of carbonyl (C=O) groups excluding carboxylic acids is 1. The molecule has 0 aliphatic carbocycles. The highest BCUT2D eigenvalue weighted by Gasteiger charge is 2.26. The van der Waals surface area contributed by atoms with Crippen LogP contribution in [0.25, 0.3) is 0 Å². The maximum atomic E-state index is 12.8. The highest BCUT2D eigenvalue weighted by molar-refractivity contribution is 6.31. The zero-order valence-electron chi connectivity index (χ0n) is 11.4. The summed E-state index contributed by atoms with van der Waals surface area (Å²) >= 11 is 5.91. The Kier molecular flexibility index (Phi) is 5.20. The molecule has 0 aromatic heterocycles. The van der Waals surface area contributed by atoms with E-state index in [1.54, 1.807) is 18.2 Å². The van der Waals surface area contributed by atoms with Gasteiger partial charge in [0.15, 0.2) is 0 Å². The fraction of sp³-hybridized carbons (Fsp3) is 0.500. The molecular formula is C14H18ClFN2O2. The van der Waals surface area contributed by atoms with E-state index in [9.17, 15) is 9.18 Å². The fourth-order valence-corrected chi connectivity index (χ4v) is 2.60. The molecule has 0 radical (unpaired) electrons. The van der Waals surface area contributed by atoms with Crippen molar-refractivity contribution in [3.8, 4) is 5.75 Å². The lowest BCUT2D eigenvalue weighted by Gasteiger charge is -2.21. The maximum Gasteiger partial charge on any atom is 0.238 e. The van der Waals surface area contributed by atoms with Gasteiger partial charge in [-0.05, 0) is 37.6 Å². The van der Waals surface area contributed by atoms with Gasteiger partial charge in [0.05, 0.1) is 19.3 Å². The average molecular weight is 301 g/mol. The first-order valence-electron chi connectivity index (χ1n) is 6.57. The van der Waals surface area contributed by atoms with Crippen molar-refractivity contribution in [1.82, 2.24) is 4.90 Å². The Balaban J connectivity index is 1.99. The number of nitrogens with zero attached hydrogens (tertiary/aromatic N) is 1. The minimum Gasteiger partial charge on any atom is -0.495 e. The molecule has 1 fully saturated rings. The molecule has 1 aliphatic rings. The first-order chi connectivity index (χ1) is 9.63. The third kappa shape index (κ3) is 3.61. The Morgan fingerprint density at radius 1 is 1.60 bits per heavy atom. The predicted octanol–water partition coefficient (Wildman–Crippen LogP) is 2.72. The fourth-order valence-electron chi connectivity index (χ4n) is 2.43. The largest absolute Gasteiger partial charge is 0.495 e. The zero-order chi connectivity index (χ0) is 14.5. The second-order valence-electron chi connectivity index (χ2n) is 4.81. The quantitative estimate of drug-likeness (QED) is 0.909. The Morgan fingerprint density at radius 3 is 3.10 bits per heavy atom. The summed E-state index contributed by atoms with van der Waals surface area (Å²) in [6.07, 6.45) is 1.74. The van der Waals surface area contributed by atoms with Crippen LogP contribution in [0.4, 0.5) is 10.1 Å². The molecule has 0 saturated carbocycles. The van der Waals surface area contributed by atoms with Crippen LogP contribution in [0.3, 0.4) is 0 Å². The first-order valence-corrected chi connectivity index (χ1v) is 6.95. The van der Waals surface area contributed by atoms with Gasteiger partial charge in [0.2, 0.25) is 5.91 Å². The minimum absolute atomic E-state index is 0.137. The van der Waals surface area contributed by atoms with E-state index in [4.69, 9.17) is 16.3 Å². The van der Waals surface area contributed by atoms with E-state index in [-0.39, 0.29) is 18.5 Å². The van der Waals surface area contributed by atoms with Gasteiger partial charge in [-0.2, -0.15) is 0 Å². The molecule has 1 atom stereocenters.